The van der Waals surface area contributed by atoms with Crippen LogP contribution < -0.4 is 5.32 Å². The van der Waals surface area contributed by atoms with E-state index in [0.717, 1.165) is 42.0 Å². The average molecular weight is 383 g/mol. The minimum atomic E-state index is -0.0851. The van der Waals surface area contributed by atoms with E-state index in [9.17, 15) is 4.79 Å². The monoisotopic (exact) mass is 383 g/mol. The molecule has 0 spiro atoms. The van der Waals surface area contributed by atoms with Crippen molar-refractivity contribution in [1.82, 2.24) is 9.55 Å². The molecule has 4 rings (SSSR count). The first-order valence-corrected chi connectivity index (χ1v) is 10.0. The maximum absolute atomic E-state index is 12.4. The number of amides is 1. The summed E-state index contributed by atoms with van der Waals surface area (Å²) in [6, 6.07) is 24.0. The summed E-state index contributed by atoms with van der Waals surface area (Å²) in [6.07, 6.45) is 1.80. The van der Waals surface area contributed by atoms with Gasteiger partial charge in [0, 0.05) is 24.2 Å². The van der Waals surface area contributed by atoms with Gasteiger partial charge < -0.3 is 9.88 Å². The highest BCUT2D eigenvalue weighted by molar-refractivity contribution is 6.04. The largest absolute Gasteiger partial charge is 0.328 e. The number of aryl methyl sites for hydroxylation is 4. The fraction of sp³-hybridized carbons (Fsp3) is 0.200. The third kappa shape index (κ3) is 4.21. The number of nitrogens with zero attached hydrogens (tertiary/aromatic N) is 2. The van der Waals surface area contributed by atoms with E-state index in [4.69, 9.17) is 4.98 Å². The van der Waals surface area contributed by atoms with Crippen LogP contribution >= 0.6 is 0 Å². The molecular formula is C25H25N3O. The van der Waals surface area contributed by atoms with E-state index in [-0.39, 0.29) is 5.91 Å². The maximum Gasteiger partial charge on any atom is 0.255 e. The van der Waals surface area contributed by atoms with Gasteiger partial charge in [-0.15, -0.1) is 0 Å². The number of benzene rings is 3. The molecule has 0 saturated carbocycles. The van der Waals surface area contributed by atoms with E-state index in [2.05, 4.69) is 47.1 Å². The molecular weight excluding hydrogens is 358 g/mol. The summed E-state index contributed by atoms with van der Waals surface area (Å²) in [4.78, 5) is 17.2. The van der Waals surface area contributed by atoms with Gasteiger partial charge in [0.1, 0.15) is 5.82 Å². The highest BCUT2D eigenvalue weighted by Crippen LogP contribution is 2.18. The van der Waals surface area contributed by atoms with Crippen LogP contribution in [0.5, 0.6) is 0 Å². The van der Waals surface area contributed by atoms with Crippen molar-refractivity contribution in [2.45, 2.75) is 33.2 Å². The van der Waals surface area contributed by atoms with Crippen molar-refractivity contribution in [3.05, 3.63) is 95.3 Å². The Morgan fingerprint density at radius 1 is 0.966 bits per heavy atom. The number of nitrogens with one attached hydrogen (secondary N) is 1. The lowest BCUT2D eigenvalue weighted by atomic mass is 10.1. The molecule has 146 valence electrons. The molecule has 0 bridgehead atoms. The highest BCUT2D eigenvalue weighted by atomic mass is 16.1. The standard InChI is InChI=1S/C25H25N3O/c1-3-28-23-10-5-4-9-22(23)27-24(28)16-13-19-11-14-21(15-12-19)26-25(29)20-8-6-7-18(2)17-20/h4-12,14-15,17H,3,13,16H2,1-2H3,(H,26,29). The van der Waals surface area contributed by atoms with Crippen LogP contribution in [0.15, 0.2) is 72.8 Å². The molecule has 29 heavy (non-hydrogen) atoms. The zero-order valence-electron chi connectivity index (χ0n) is 16.9. The number of fused-ring (bicyclic) bond motifs is 1. The molecule has 1 heterocycles. The van der Waals surface area contributed by atoms with Crippen molar-refractivity contribution in [3.63, 3.8) is 0 Å². The molecule has 0 aliphatic rings. The van der Waals surface area contributed by atoms with Crippen molar-refractivity contribution in [2.24, 2.45) is 0 Å². The van der Waals surface area contributed by atoms with Crippen molar-refractivity contribution >= 4 is 22.6 Å². The third-order valence-electron chi connectivity index (χ3n) is 5.18. The number of hydrogen-bond donors (Lipinski definition) is 1. The van der Waals surface area contributed by atoms with E-state index < -0.39 is 0 Å². The number of imidazole rings is 1. The minimum Gasteiger partial charge on any atom is -0.328 e. The minimum absolute atomic E-state index is 0.0851. The Hall–Kier alpha value is -3.40. The molecule has 1 amide bonds. The zero-order chi connectivity index (χ0) is 20.2. The van der Waals surface area contributed by atoms with Crippen LogP contribution in [0, 0.1) is 6.92 Å². The van der Waals surface area contributed by atoms with E-state index >= 15 is 0 Å². The van der Waals surface area contributed by atoms with Crippen molar-refractivity contribution in [2.75, 3.05) is 5.32 Å². The fourth-order valence-corrected chi connectivity index (χ4v) is 3.67. The van der Waals surface area contributed by atoms with Gasteiger partial charge in [0.15, 0.2) is 0 Å². The Labute approximate surface area is 171 Å². The van der Waals surface area contributed by atoms with Gasteiger partial charge in [-0.2, -0.15) is 0 Å². The lowest BCUT2D eigenvalue weighted by Crippen LogP contribution is -2.11. The van der Waals surface area contributed by atoms with E-state index in [1.807, 2.05) is 49.4 Å². The van der Waals surface area contributed by atoms with Crippen molar-refractivity contribution in [3.8, 4) is 0 Å². The number of carbonyl (C=O) groups is 1. The highest BCUT2D eigenvalue weighted by Gasteiger charge is 2.10. The molecule has 4 heteroatoms. The van der Waals surface area contributed by atoms with Gasteiger partial charge in [0.25, 0.3) is 5.91 Å². The lowest BCUT2D eigenvalue weighted by molar-refractivity contribution is 0.102. The Bertz CT molecular complexity index is 1140. The second kappa shape index (κ2) is 8.31. The average Bonchev–Trinajstić information content (AvgIpc) is 3.10. The second-order valence-corrected chi connectivity index (χ2v) is 7.28. The van der Waals surface area contributed by atoms with Crippen LogP contribution in [0.2, 0.25) is 0 Å². The molecule has 1 aromatic heterocycles. The van der Waals surface area contributed by atoms with Crippen molar-refractivity contribution in [1.29, 1.82) is 0 Å². The van der Waals surface area contributed by atoms with Crippen LogP contribution in [0.4, 0.5) is 5.69 Å². The van der Waals surface area contributed by atoms with Crippen molar-refractivity contribution < 1.29 is 4.79 Å². The number of anilines is 1. The maximum atomic E-state index is 12.4. The molecule has 0 unspecified atom stereocenters. The molecule has 4 nitrogen and oxygen atoms in total. The number of aromatic nitrogens is 2. The summed E-state index contributed by atoms with van der Waals surface area (Å²) in [5.41, 5.74) is 6.03. The Morgan fingerprint density at radius 3 is 2.52 bits per heavy atom. The van der Waals surface area contributed by atoms with Gasteiger partial charge in [-0.05, 0) is 62.2 Å². The molecule has 0 radical (unpaired) electrons. The summed E-state index contributed by atoms with van der Waals surface area (Å²) < 4.78 is 2.28. The second-order valence-electron chi connectivity index (χ2n) is 7.28. The summed E-state index contributed by atoms with van der Waals surface area (Å²) in [5.74, 6) is 1.03. The Balaban J connectivity index is 1.42. The Morgan fingerprint density at radius 2 is 1.76 bits per heavy atom. The van der Waals surface area contributed by atoms with Crippen LogP contribution in [0.3, 0.4) is 0 Å². The van der Waals surface area contributed by atoms with Gasteiger partial charge in [-0.25, -0.2) is 4.98 Å². The first-order valence-electron chi connectivity index (χ1n) is 10.0. The number of carbonyl (C=O) groups excluding carboxylic acids is 1. The van der Waals surface area contributed by atoms with Crippen LogP contribution in [0.1, 0.15) is 34.2 Å². The number of rotatable bonds is 6. The van der Waals surface area contributed by atoms with Gasteiger partial charge >= 0.3 is 0 Å². The SMILES string of the molecule is CCn1c(CCc2ccc(NC(=O)c3cccc(C)c3)cc2)nc2ccccc21. The predicted octanol–water partition coefficient (Wildman–Crippen LogP) is 5.40. The summed E-state index contributed by atoms with van der Waals surface area (Å²) in [6.45, 7) is 5.06. The fourth-order valence-electron chi connectivity index (χ4n) is 3.67. The molecule has 0 fully saturated rings. The first kappa shape index (κ1) is 18.9. The van der Waals surface area contributed by atoms with Gasteiger partial charge in [-0.3, -0.25) is 4.79 Å². The van der Waals surface area contributed by atoms with Crippen LogP contribution in [0.25, 0.3) is 11.0 Å². The molecule has 0 aliphatic carbocycles. The van der Waals surface area contributed by atoms with E-state index in [1.54, 1.807) is 0 Å². The quantitative estimate of drug-likeness (QED) is 0.484. The topological polar surface area (TPSA) is 46.9 Å². The Kier molecular flexibility index (Phi) is 5.43. The lowest BCUT2D eigenvalue weighted by Gasteiger charge is -2.08. The van der Waals surface area contributed by atoms with Gasteiger partial charge in [0.05, 0.1) is 11.0 Å². The summed E-state index contributed by atoms with van der Waals surface area (Å²) in [5, 5.41) is 2.97. The number of hydrogen-bond acceptors (Lipinski definition) is 2. The molecule has 4 aromatic rings. The molecule has 0 aliphatic heterocycles. The molecule has 3 aromatic carbocycles. The van der Waals surface area contributed by atoms with E-state index in [1.165, 1.54) is 11.1 Å². The molecule has 1 N–H and O–H groups in total. The first-order chi connectivity index (χ1) is 14.1. The van der Waals surface area contributed by atoms with Crippen LogP contribution in [-0.4, -0.2) is 15.5 Å². The third-order valence-corrected chi connectivity index (χ3v) is 5.18. The summed E-state index contributed by atoms with van der Waals surface area (Å²) in [7, 11) is 0. The normalized spacial score (nSPS) is 11.0. The van der Waals surface area contributed by atoms with E-state index in [0.29, 0.717) is 5.56 Å². The summed E-state index contributed by atoms with van der Waals surface area (Å²) >= 11 is 0. The zero-order valence-corrected chi connectivity index (χ0v) is 16.9. The smallest absolute Gasteiger partial charge is 0.255 e. The van der Waals surface area contributed by atoms with Crippen LogP contribution in [-0.2, 0) is 19.4 Å². The molecule has 0 saturated heterocycles. The predicted molar refractivity (Wildman–Crippen MR) is 118 cm³/mol. The van der Waals surface area contributed by atoms with Gasteiger partial charge in [0.2, 0.25) is 0 Å². The number of para-hydroxylation sites is 2. The molecule has 0 atom stereocenters. The van der Waals surface area contributed by atoms with Gasteiger partial charge in [-0.1, -0.05) is 42.0 Å².